The monoisotopic (exact) mass is 432 g/mol. The fourth-order valence-corrected chi connectivity index (χ4v) is 3.54. The van der Waals surface area contributed by atoms with E-state index in [0.29, 0.717) is 5.56 Å². The van der Waals surface area contributed by atoms with E-state index in [4.69, 9.17) is 4.74 Å². The molecule has 0 aliphatic carbocycles. The minimum absolute atomic E-state index is 0.00615. The van der Waals surface area contributed by atoms with Crippen molar-refractivity contribution in [1.82, 2.24) is 0 Å². The van der Waals surface area contributed by atoms with Gasteiger partial charge in [-0.25, -0.2) is 4.39 Å². The van der Waals surface area contributed by atoms with E-state index >= 15 is 0 Å². The van der Waals surface area contributed by atoms with Crippen molar-refractivity contribution < 1.29 is 23.5 Å². The van der Waals surface area contributed by atoms with Crippen molar-refractivity contribution in [2.24, 2.45) is 11.8 Å². The molecule has 0 radical (unpaired) electrons. The van der Waals surface area contributed by atoms with Crippen molar-refractivity contribution in [3.8, 4) is 0 Å². The van der Waals surface area contributed by atoms with E-state index in [0.717, 1.165) is 5.56 Å². The first-order valence-electron chi connectivity index (χ1n) is 10.5. The lowest BCUT2D eigenvalue weighted by Gasteiger charge is -2.26. The molecule has 0 bridgehead atoms. The predicted octanol–water partition coefficient (Wildman–Crippen LogP) is 5.38. The molecule has 0 saturated heterocycles. The molecule has 0 fully saturated rings. The topological polar surface area (TPSA) is 60.4 Å². The molecule has 0 aliphatic heterocycles. The average molecular weight is 432 g/mol. The molecule has 0 aliphatic rings. The van der Waals surface area contributed by atoms with E-state index in [1.165, 1.54) is 24.3 Å². The highest BCUT2D eigenvalue weighted by Gasteiger charge is 2.42. The van der Waals surface area contributed by atoms with Gasteiger partial charge in [0.2, 0.25) is 0 Å². The van der Waals surface area contributed by atoms with Gasteiger partial charge in [0.1, 0.15) is 18.3 Å². The van der Waals surface area contributed by atoms with E-state index < -0.39 is 35.3 Å². The molecule has 0 heterocycles. The second-order valence-corrected chi connectivity index (χ2v) is 7.89. The third-order valence-electron chi connectivity index (χ3n) is 5.26. The van der Waals surface area contributed by atoms with Crippen LogP contribution in [-0.2, 0) is 20.9 Å². The number of hydrogen-bond acceptors (Lipinski definition) is 4. The highest BCUT2D eigenvalue weighted by molar-refractivity contribution is 6.10. The van der Waals surface area contributed by atoms with Crippen LogP contribution in [0.1, 0.15) is 41.3 Å². The SMILES string of the molecule is CC(C)C(=O)C(C(=O)OCc1ccccc1)C(C(=O)c1ccc(F)cc1)c1ccccc1. The number of benzene rings is 3. The van der Waals surface area contributed by atoms with Gasteiger partial charge < -0.3 is 4.74 Å². The summed E-state index contributed by atoms with van der Waals surface area (Å²) in [5, 5.41) is 0. The van der Waals surface area contributed by atoms with Crippen LogP contribution in [0.5, 0.6) is 0 Å². The van der Waals surface area contributed by atoms with Gasteiger partial charge in [-0.05, 0) is 35.4 Å². The molecule has 2 atom stereocenters. The smallest absolute Gasteiger partial charge is 0.317 e. The van der Waals surface area contributed by atoms with Crippen LogP contribution < -0.4 is 0 Å². The molecule has 0 N–H and O–H groups in total. The van der Waals surface area contributed by atoms with Crippen molar-refractivity contribution in [2.75, 3.05) is 0 Å². The minimum atomic E-state index is -1.32. The molecular weight excluding hydrogens is 407 g/mol. The number of ether oxygens (including phenoxy) is 1. The van der Waals surface area contributed by atoms with Crippen LogP contribution in [0, 0.1) is 17.7 Å². The molecule has 164 valence electrons. The van der Waals surface area contributed by atoms with Gasteiger partial charge in [0.05, 0.1) is 5.92 Å². The molecular formula is C27H25FO4. The quantitative estimate of drug-likeness (QED) is 0.259. The second-order valence-electron chi connectivity index (χ2n) is 7.89. The number of carbonyl (C=O) groups is 3. The first-order valence-corrected chi connectivity index (χ1v) is 10.5. The van der Waals surface area contributed by atoms with Crippen molar-refractivity contribution in [3.05, 3.63) is 107 Å². The Morgan fingerprint density at radius 1 is 0.812 bits per heavy atom. The number of esters is 1. The Morgan fingerprint density at radius 3 is 1.94 bits per heavy atom. The fraction of sp³-hybridized carbons (Fsp3) is 0.222. The molecule has 4 nitrogen and oxygen atoms in total. The average Bonchev–Trinajstić information content (AvgIpc) is 2.81. The van der Waals surface area contributed by atoms with Crippen LogP contribution in [0.3, 0.4) is 0 Å². The maximum atomic E-state index is 13.5. The molecule has 5 heteroatoms. The maximum absolute atomic E-state index is 13.5. The summed E-state index contributed by atoms with van der Waals surface area (Å²) in [5.74, 6) is -4.94. The summed E-state index contributed by atoms with van der Waals surface area (Å²) >= 11 is 0. The molecule has 3 aromatic carbocycles. The van der Waals surface area contributed by atoms with Crippen molar-refractivity contribution >= 4 is 17.5 Å². The lowest BCUT2D eigenvalue weighted by Crippen LogP contribution is -2.38. The van der Waals surface area contributed by atoms with Crippen LogP contribution in [0.25, 0.3) is 0 Å². The number of Topliss-reactive ketones (excluding diaryl/α,β-unsaturated/α-hetero) is 2. The summed E-state index contributed by atoms with van der Waals surface area (Å²) < 4.78 is 18.9. The standard InChI is InChI=1S/C27H25FO4/c1-18(2)25(29)24(27(31)32-17-19-9-5-3-6-10-19)23(20-11-7-4-8-12-20)26(30)21-13-15-22(28)16-14-21/h3-16,18,23-24H,17H2,1-2H3. The highest BCUT2D eigenvalue weighted by atomic mass is 19.1. The summed E-state index contributed by atoms with van der Waals surface area (Å²) in [5.41, 5.74) is 1.52. The molecule has 0 saturated carbocycles. The van der Waals surface area contributed by atoms with E-state index in [1.807, 2.05) is 30.3 Å². The van der Waals surface area contributed by atoms with Crippen molar-refractivity contribution in [1.29, 1.82) is 0 Å². The van der Waals surface area contributed by atoms with Gasteiger partial charge in [-0.1, -0.05) is 74.5 Å². The zero-order valence-corrected chi connectivity index (χ0v) is 18.0. The van der Waals surface area contributed by atoms with Gasteiger partial charge in [-0.2, -0.15) is 0 Å². The van der Waals surface area contributed by atoms with Gasteiger partial charge in [0.25, 0.3) is 0 Å². The van der Waals surface area contributed by atoms with Crippen LogP contribution in [-0.4, -0.2) is 17.5 Å². The summed E-state index contributed by atoms with van der Waals surface area (Å²) in [7, 11) is 0. The Kier molecular flexibility index (Phi) is 7.66. The van der Waals surface area contributed by atoms with Crippen molar-refractivity contribution in [2.45, 2.75) is 26.4 Å². The van der Waals surface area contributed by atoms with E-state index in [1.54, 1.807) is 44.2 Å². The Morgan fingerprint density at radius 2 is 1.38 bits per heavy atom. The van der Waals surface area contributed by atoms with Crippen LogP contribution in [0.4, 0.5) is 4.39 Å². The maximum Gasteiger partial charge on any atom is 0.317 e. The lowest BCUT2D eigenvalue weighted by atomic mass is 9.76. The Hall–Kier alpha value is -3.60. The van der Waals surface area contributed by atoms with Gasteiger partial charge in [0, 0.05) is 11.5 Å². The summed E-state index contributed by atoms with van der Waals surface area (Å²) in [6.45, 7) is 3.36. The third-order valence-corrected chi connectivity index (χ3v) is 5.26. The third kappa shape index (κ3) is 5.55. The summed E-state index contributed by atoms with van der Waals surface area (Å²) in [6, 6.07) is 22.9. The largest absolute Gasteiger partial charge is 0.460 e. The molecule has 0 aromatic heterocycles. The molecule has 0 amide bonds. The van der Waals surface area contributed by atoms with E-state index in [-0.39, 0.29) is 18.0 Å². The van der Waals surface area contributed by atoms with Gasteiger partial charge in [0.15, 0.2) is 11.6 Å². The Labute approximate surface area is 187 Å². The Bertz CT molecular complexity index is 1060. The molecule has 3 aromatic rings. The number of carbonyl (C=O) groups excluding carboxylic acids is 3. The van der Waals surface area contributed by atoms with Crippen LogP contribution >= 0.6 is 0 Å². The lowest BCUT2D eigenvalue weighted by molar-refractivity contribution is -0.154. The zero-order valence-electron chi connectivity index (χ0n) is 18.0. The Balaban J connectivity index is 2.00. The molecule has 0 spiro atoms. The van der Waals surface area contributed by atoms with Gasteiger partial charge in [-0.15, -0.1) is 0 Å². The molecule has 3 rings (SSSR count). The van der Waals surface area contributed by atoms with Crippen molar-refractivity contribution in [3.63, 3.8) is 0 Å². The summed E-state index contributed by atoms with van der Waals surface area (Å²) in [4.78, 5) is 39.9. The minimum Gasteiger partial charge on any atom is -0.460 e. The fourth-order valence-electron chi connectivity index (χ4n) is 3.54. The summed E-state index contributed by atoms with van der Waals surface area (Å²) in [6.07, 6.45) is 0. The van der Waals surface area contributed by atoms with Gasteiger partial charge >= 0.3 is 5.97 Å². The number of rotatable bonds is 9. The normalized spacial score (nSPS) is 12.8. The predicted molar refractivity (Wildman–Crippen MR) is 119 cm³/mol. The molecule has 2 unspecified atom stereocenters. The number of halogens is 1. The number of ketones is 2. The molecule has 32 heavy (non-hydrogen) atoms. The zero-order chi connectivity index (χ0) is 23.1. The second kappa shape index (κ2) is 10.6. The van der Waals surface area contributed by atoms with Crippen LogP contribution in [0.15, 0.2) is 84.9 Å². The highest BCUT2D eigenvalue weighted by Crippen LogP contribution is 2.32. The first kappa shape index (κ1) is 23.1. The van der Waals surface area contributed by atoms with E-state index in [2.05, 4.69) is 0 Å². The van der Waals surface area contributed by atoms with Crippen LogP contribution in [0.2, 0.25) is 0 Å². The first-order chi connectivity index (χ1) is 15.4. The van der Waals surface area contributed by atoms with E-state index in [9.17, 15) is 18.8 Å². The number of hydrogen-bond donors (Lipinski definition) is 0. The van der Waals surface area contributed by atoms with Gasteiger partial charge in [-0.3, -0.25) is 14.4 Å².